The number of hydrazone groups is 1. The van der Waals surface area contributed by atoms with Gasteiger partial charge in [0.05, 0.1) is 24.8 Å². The highest BCUT2D eigenvalue weighted by atomic mass is 19.1. The number of hydrogen-bond acceptors (Lipinski definition) is 2. The molecule has 1 saturated heterocycles. The van der Waals surface area contributed by atoms with Crippen molar-refractivity contribution in [3.05, 3.63) is 71.3 Å². The van der Waals surface area contributed by atoms with Gasteiger partial charge >= 0.3 is 0 Å². The number of piperidine rings is 1. The lowest BCUT2D eigenvalue weighted by atomic mass is 9.98. The number of amides is 1. The van der Waals surface area contributed by atoms with Crippen molar-refractivity contribution in [3.8, 4) is 0 Å². The highest BCUT2D eigenvalue weighted by Gasteiger charge is 2.35. The number of quaternary nitrogens is 1. The van der Waals surface area contributed by atoms with Crippen LogP contribution in [-0.4, -0.2) is 36.3 Å². The molecule has 2 aromatic rings. The van der Waals surface area contributed by atoms with Crippen LogP contribution in [0.25, 0.3) is 0 Å². The minimum Gasteiger partial charge on any atom is -0.327 e. The summed E-state index contributed by atoms with van der Waals surface area (Å²) in [5, 5.41) is 6.15. The molecule has 1 amide bonds. The number of halogens is 2. The quantitative estimate of drug-likeness (QED) is 0.865. The van der Waals surface area contributed by atoms with Gasteiger partial charge in [0.2, 0.25) is 0 Å². The fraction of sp³-hybridized carbons (Fsp3) is 0.364. The molecule has 2 aromatic carbocycles. The predicted octanol–water partition coefficient (Wildman–Crippen LogP) is 2.71. The molecule has 2 aliphatic rings. The fourth-order valence-electron chi connectivity index (χ4n) is 4.03. The second kappa shape index (κ2) is 8.19. The van der Waals surface area contributed by atoms with Crippen molar-refractivity contribution in [1.29, 1.82) is 0 Å². The fourth-order valence-corrected chi connectivity index (χ4v) is 4.03. The van der Waals surface area contributed by atoms with Gasteiger partial charge in [0.1, 0.15) is 11.6 Å². The standard InChI is InChI=1S/C22H23F2N3O/c23-18-8-4-16(5-9-18)20-14-21(17-6-10-19(24)11-7-17)27(25-20)22(28)15-26-12-2-1-3-13-26/h4-11,21H,1-3,12-15H2/p+1/t21-/m0/s1. The molecule has 2 heterocycles. The number of hydrogen-bond donors (Lipinski definition) is 1. The Morgan fingerprint density at radius 3 is 2.21 bits per heavy atom. The monoisotopic (exact) mass is 384 g/mol. The van der Waals surface area contributed by atoms with E-state index in [1.165, 1.54) is 35.6 Å². The Bertz CT molecular complexity index is 858. The Hall–Kier alpha value is -2.60. The minimum absolute atomic E-state index is 0.0247. The van der Waals surface area contributed by atoms with E-state index in [1.54, 1.807) is 29.3 Å². The van der Waals surface area contributed by atoms with E-state index >= 15 is 0 Å². The first-order chi connectivity index (χ1) is 13.6. The lowest BCUT2D eigenvalue weighted by Gasteiger charge is -2.27. The molecule has 0 saturated carbocycles. The van der Waals surface area contributed by atoms with E-state index in [0.717, 1.165) is 42.8 Å². The summed E-state index contributed by atoms with van der Waals surface area (Å²) in [7, 11) is 0. The maximum absolute atomic E-state index is 13.4. The van der Waals surface area contributed by atoms with E-state index in [-0.39, 0.29) is 23.6 Å². The molecule has 146 valence electrons. The number of rotatable bonds is 4. The molecule has 0 unspecified atom stereocenters. The molecular formula is C22H24F2N3O+. The Balaban J connectivity index is 1.59. The van der Waals surface area contributed by atoms with Crippen LogP contribution in [0.5, 0.6) is 0 Å². The van der Waals surface area contributed by atoms with Gasteiger partial charge in [-0.2, -0.15) is 5.10 Å². The van der Waals surface area contributed by atoms with E-state index in [2.05, 4.69) is 5.10 Å². The Labute approximate surface area is 163 Å². The molecule has 0 bridgehead atoms. The molecule has 28 heavy (non-hydrogen) atoms. The molecule has 4 nitrogen and oxygen atoms in total. The second-order valence-corrected chi connectivity index (χ2v) is 7.55. The molecule has 1 atom stereocenters. The maximum Gasteiger partial charge on any atom is 0.298 e. The number of carbonyl (C=O) groups is 1. The third kappa shape index (κ3) is 4.12. The van der Waals surface area contributed by atoms with Gasteiger partial charge in [-0.3, -0.25) is 4.79 Å². The molecule has 0 aliphatic carbocycles. The molecule has 6 heteroatoms. The van der Waals surface area contributed by atoms with Crippen molar-refractivity contribution < 1.29 is 18.5 Å². The highest BCUT2D eigenvalue weighted by molar-refractivity contribution is 6.03. The van der Waals surface area contributed by atoms with Crippen LogP contribution < -0.4 is 4.90 Å². The molecule has 1 N–H and O–H groups in total. The van der Waals surface area contributed by atoms with Crippen LogP contribution in [0, 0.1) is 11.6 Å². The van der Waals surface area contributed by atoms with Crippen molar-refractivity contribution in [2.45, 2.75) is 31.7 Å². The van der Waals surface area contributed by atoms with Crippen LogP contribution in [-0.2, 0) is 4.79 Å². The van der Waals surface area contributed by atoms with E-state index < -0.39 is 0 Å². The number of carbonyl (C=O) groups excluding carboxylic acids is 1. The zero-order chi connectivity index (χ0) is 19.5. The average molecular weight is 384 g/mol. The number of nitrogens with zero attached hydrogens (tertiary/aromatic N) is 2. The molecular weight excluding hydrogens is 360 g/mol. The summed E-state index contributed by atoms with van der Waals surface area (Å²) in [6, 6.07) is 12.1. The van der Waals surface area contributed by atoms with E-state index in [4.69, 9.17) is 0 Å². The van der Waals surface area contributed by atoms with Gasteiger partial charge in [-0.15, -0.1) is 0 Å². The van der Waals surface area contributed by atoms with Gasteiger partial charge in [0, 0.05) is 6.42 Å². The van der Waals surface area contributed by atoms with Crippen LogP contribution in [0.15, 0.2) is 53.6 Å². The second-order valence-electron chi connectivity index (χ2n) is 7.55. The third-order valence-electron chi connectivity index (χ3n) is 5.56. The molecule has 1 fully saturated rings. The van der Waals surface area contributed by atoms with Crippen LogP contribution >= 0.6 is 0 Å². The van der Waals surface area contributed by atoms with Crippen molar-refractivity contribution in [1.82, 2.24) is 5.01 Å². The lowest BCUT2D eigenvalue weighted by molar-refractivity contribution is -0.897. The van der Waals surface area contributed by atoms with Gasteiger partial charge in [-0.1, -0.05) is 24.3 Å². The summed E-state index contributed by atoms with van der Waals surface area (Å²) in [6.07, 6.45) is 4.05. The summed E-state index contributed by atoms with van der Waals surface area (Å²) in [5.74, 6) is -0.639. The van der Waals surface area contributed by atoms with Gasteiger partial charge in [-0.05, 0) is 54.7 Å². The normalized spacial score (nSPS) is 20.3. The number of benzene rings is 2. The average Bonchev–Trinajstić information content (AvgIpc) is 3.15. The van der Waals surface area contributed by atoms with E-state index in [9.17, 15) is 13.6 Å². The molecule has 0 radical (unpaired) electrons. The van der Waals surface area contributed by atoms with Crippen molar-refractivity contribution in [2.75, 3.05) is 19.6 Å². The van der Waals surface area contributed by atoms with Crippen LogP contribution in [0.2, 0.25) is 0 Å². The highest BCUT2D eigenvalue weighted by Crippen LogP contribution is 2.32. The first kappa shape index (κ1) is 18.7. The Morgan fingerprint density at radius 1 is 0.964 bits per heavy atom. The molecule has 0 aromatic heterocycles. The van der Waals surface area contributed by atoms with Gasteiger partial charge < -0.3 is 4.90 Å². The van der Waals surface area contributed by atoms with Gasteiger partial charge in [0.15, 0.2) is 6.54 Å². The predicted molar refractivity (Wildman–Crippen MR) is 103 cm³/mol. The molecule has 2 aliphatic heterocycles. The molecule has 4 rings (SSSR count). The maximum atomic E-state index is 13.4. The zero-order valence-electron chi connectivity index (χ0n) is 15.7. The SMILES string of the molecule is O=C(C[NH+]1CCCCC1)N1N=C(c2ccc(F)cc2)C[C@H]1c1ccc(F)cc1. The number of nitrogens with one attached hydrogen (secondary N) is 1. The summed E-state index contributed by atoms with van der Waals surface area (Å²) >= 11 is 0. The summed E-state index contributed by atoms with van der Waals surface area (Å²) < 4.78 is 26.6. The summed E-state index contributed by atoms with van der Waals surface area (Å²) in [6.45, 7) is 2.43. The third-order valence-corrected chi connectivity index (χ3v) is 5.56. The lowest BCUT2D eigenvalue weighted by Crippen LogP contribution is -3.13. The Morgan fingerprint density at radius 2 is 1.57 bits per heavy atom. The van der Waals surface area contributed by atoms with Gasteiger partial charge in [-0.25, -0.2) is 13.8 Å². The summed E-state index contributed by atoms with van der Waals surface area (Å²) in [5.41, 5.74) is 2.40. The first-order valence-corrected chi connectivity index (χ1v) is 9.84. The van der Waals surface area contributed by atoms with Gasteiger partial charge in [0.25, 0.3) is 5.91 Å². The number of likely N-dealkylation sites (tertiary alicyclic amines) is 1. The van der Waals surface area contributed by atoms with E-state index in [0.29, 0.717) is 13.0 Å². The topological polar surface area (TPSA) is 37.1 Å². The minimum atomic E-state index is -0.308. The molecule has 0 spiro atoms. The van der Waals surface area contributed by atoms with Crippen LogP contribution in [0.3, 0.4) is 0 Å². The smallest absolute Gasteiger partial charge is 0.298 e. The van der Waals surface area contributed by atoms with Crippen molar-refractivity contribution >= 4 is 11.6 Å². The van der Waals surface area contributed by atoms with Crippen molar-refractivity contribution in [3.63, 3.8) is 0 Å². The van der Waals surface area contributed by atoms with Crippen LogP contribution in [0.4, 0.5) is 8.78 Å². The van der Waals surface area contributed by atoms with Crippen molar-refractivity contribution in [2.24, 2.45) is 5.10 Å². The largest absolute Gasteiger partial charge is 0.327 e. The zero-order valence-corrected chi connectivity index (χ0v) is 15.7. The van der Waals surface area contributed by atoms with E-state index in [1.807, 2.05) is 0 Å². The first-order valence-electron chi connectivity index (χ1n) is 9.84. The van der Waals surface area contributed by atoms with Crippen LogP contribution in [0.1, 0.15) is 42.9 Å². The summed E-state index contributed by atoms with van der Waals surface area (Å²) in [4.78, 5) is 14.4. The Kier molecular flexibility index (Phi) is 5.48.